The molecule has 4 heterocycles. The maximum Gasteiger partial charge on any atom is 0.245 e. The highest BCUT2D eigenvalue weighted by Crippen LogP contribution is 2.31. The summed E-state index contributed by atoms with van der Waals surface area (Å²) < 4.78 is 2.96. The molecule has 1 saturated heterocycles. The summed E-state index contributed by atoms with van der Waals surface area (Å²) in [6.07, 6.45) is 3.65. The quantitative estimate of drug-likeness (QED) is 0.391. The fraction of sp³-hybridized carbons (Fsp3) is 0.217. The monoisotopic (exact) mass is 428 g/mol. The van der Waals surface area contributed by atoms with E-state index in [1.54, 1.807) is 16.2 Å². The summed E-state index contributed by atoms with van der Waals surface area (Å²) in [6.45, 7) is 6.90. The first-order valence-electron chi connectivity index (χ1n) is 9.96. The molecule has 1 atom stereocenters. The van der Waals surface area contributed by atoms with Gasteiger partial charge in [-0.15, -0.1) is 11.3 Å². The predicted molar refractivity (Wildman–Crippen MR) is 122 cm³/mol. The smallest absolute Gasteiger partial charge is 0.245 e. The third kappa shape index (κ3) is 3.43. The molecular formula is C23H20N6OS. The van der Waals surface area contributed by atoms with Gasteiger partial charge in [0.25, 0.3) is 0 Å². The molecule has 0 saturated carbocycles. The van der Waals surface area contributed by atoms with Crippen LogP contribution in [0.3, 0.4) is 0 Å². The number of nitrogen functional groups attached to an aromatic ring is 1. The number of fused-ring (bicyclic) bond motifs is 2. The molecule has 0 radical (unpaired) electrons. The van der Waals surface area contributed by atoms with Crippen molar-refractivity contribution < 1.29 is 4.79 Å². The van der Waals surface area contributed by atoms with Gasteiger partial charge in [0.2, 0.25) is 5.91 Å². The third-order valence-electron chi connectivity index (χ3n) is 5.54. The highest BCUT2D eigenvalue weighted by Gasteiger charge is 2.29. The molecule has 1 aliphatic heterocycles. The van der Waals surface area contributed by atoms with Gasteiger partial charge in [0.05, 0.1) is 20.8 Å². The molecule has 1 aromatic carbocycles. The van der Waals surface area contributed by atoms with Gasteiger partial charge >= 0.3 is 0 Å². The zero-order valence-electron chi connectivity index (χ0n) is 17.0. The van der Waals surface area contributed by atoms with Crippen LogP contribution in [0.1, 0.15) is 34.2 Å². The fourth-order valence-corrected chi connectivity index (χ4v) is 4.88. The molecule has 1 fully saturated rings. The molecule has 3 aromatic heterocycles. The second kappa shape index (κ2) is 7.52. The largest absolute Gasteiger partial charge is 0.382 e. The SMILES string of the molecule is C=CC(=O)N1CCC(c2cc(C#Cc3ccc4sc(C)nc4c3)c3c(N)ncnn23)C1. The average Bonchev–Trinajstić information content (AvgIpc) is 3.47. The molecule has 0 aliphatic carbocycles. The molecule has 0 spiro atoms. The van der Waals surface area contributed by atoms with E-state index < -0.39 is 0 Å². The van der Waals surface area contributed by atoms with Crippen molar-refractivity contribution in [2.45, 2.75) is 19.3 Å². The number of benzene rings is 1. The molecule has 1 amide bonds. The van der Waals surface area contributed by atoms with Crippen LogP contribution in [0.2, 0.25) is 0 Å². The Kier molecular flexibility index (Phi) is 4.68. The standard InChI is InChI=1S/C23H20N6OS/c1-3-21(30)28-9-8-17(12-28)19-11-16(22-23(24)25-13-26-29(19)22)6-4-15-5-7-20-18(10-15)27-14(2)31-20/h3,5,7,10-11,13,17H,1,8-9,12H2,2H3,(H2,24,25,26). The van der Waals surface area contributed by atoms with E-state index in [0.717, 1.165) is 38.5 Å². The number of likely N-dealkylation sites (tertiary alicyclic amines) is 1. The number of thiazole rings is 1. The van der Waals surface area contributed by atoms with Gasteiger partial charge in [-0.05, 0) is 43.7 Å². The van der Waals surface area contributed by atoms with Crippen molar-refractivity contribution in [3.05, 3.63) is 65.1 Å². The first-order chi connectivity index (χ1) is 15.0. The minimum absolute atomic E-state index is 0.0508. The summed E-state index contributed by atoms with van der Waals surface area (Å²) in [4.78, 5) is 22.5. The lowest BCUT2D eigenvalue weighted by atomic mass is 10.0. The van der Waals surface area contributed by atoms with Crippen molar-refractivity contribution in [1.82, 2.24) is 24.5 Å². The molecule has 2 N–H and O–H groups in total. The minimum atomic E-state index is -0.0508. The van der Waals surface area contributed by atoms with E-state index in [-0.39, 0.29) is 11.8 Å². The van der Waals surface area contributed by atoms with E-state index in [2.05, 4.69) is 39.6 Å². The number of amides is 1. The second-order valence-electron chi connectivity index (χ2n) is 7.53. The molecule has 5 rings (SSSR count). The number of nitrogens with zero attached hydrogens (tertiary/aromatic N) is 5. The maximum atomic E-state index is 12.0. The maximum absolute atomic E-state index is 12.0. The van der Waals surface area contributed by atoms with E-state index >= 15 is 0 Å². The zero-order valence-corrected chi connectivity index (χ0v) is 17.8. The van der Waals surface area contributed by atoms with Gasteiger partial charge in [0.15, 0.2) is 5.82 Å². The fourth-order valence-electron chi connectivity index (χ4n) is 4.07. The van der Waals surface area contributed by atoms with Crippen LogP contribution in [0.25, 0.3) is 15.7 Å². The number of anilines is 1. The van der Waals surface area contributed by atoms with E-state index in [0.29, 0.717) is 24.4 Å². The van der Waals surface area contributed by atoms with Crippen LogP contribution >= 0.6 is 11.3 Å². The predicted octanol–water partition coefficient (Wildman–Crippen LogP) is 3.13. The zero-order chi connectivity index (χ0) is 21.5. The van der Waals surface area contributed by atoms with E-state index in [1.165, 1.54) is 12.4 Å². The van der Waals surface area contributed by atoms with Crippen LogP contribution in [-0.4, -0.2) is 43.5 Å². The van der Waals surface area contributed by atoms with Gasteiger partial charge in [0.1, 0.15) is 11.8 Å². The lowest BCUT2D eigenvalue weighted by Crippen LogP contribution is -2.26. The third-order valence-corrected chi connectivity index (χ3v) is 6.49. The lowest BCUT2D eigenvalue weighted by Gasteiger charge is -2.14. The number of rotatable bonds is 2. The minimum Gasteiger partial charge on any atom is -0.382 e. The second-order valence-corrected chi connectivity index (χ2v) is 8.76. The van der Waals surface area contributed by atoms with Gasteiger partial charge in [-0.3, -0.25) is 4.79 Å². The van der Waals surface area contributed by atoms with Crippen LogP contribution in [-0.2, 0) is 4.79 Å². The first-order valence-corrected chi connectivity index (χ1v) is 10.8. The molecule has 0 bridgehead atoms. The Hall–Kier alpha value is -3.70. The van der Waals surface area contributed by atoms with E-state index in [1.807, 2.05) is 29.6 Å². The Bertz CT molecular complexity index is 1410. The molecule has 1 aliphatic rings. The topological polar surface area (TPSA) is 89.4 Å². The van der Waals surface area contributed by atoms with Gasteiger partial charge in [-0.2, -0.15) is 5.10 Å². The van der Waals surface area contributed by atoms with Crippen molar-refractivity contribution in [3.63, 3.8) is 0 Å². The summed E-state index contributed by atoms with van der Waals surface area (Å²) >= 11 is 1.67. The first kappa shape index (κ1) is 19.3. The Labute approximate surface area is 183 Å². The molecule has 7 nitrogen and oxygen atoms in total. The Morgan fingerprint density at radius 1 is 1.35 bits per heavy atom. The summed E-state index contributed by atoms with van der Waals surface area (Å²) in [7, 11) is 0. The number of carbonyl (C=O) groups excluding carboxylic acids is 1. The molecule has 31 heavy (non-hydrogen) atoms. The summed E-state index contributed by atoms with van der Waals surface area (Å²) in [5, 5.41) is 5.46. The number of aromatic nitrogens is 4. The van der Waals surface area contributed by atoms with Gasteiger partial charge in [-0.25, -0.2) is 14.5 Å². The van der Waals surface area contributed by atoms with Crippen LogP contribution in [0.4, 0.5) is 5.82 Å². The Morgan fingerprint density at radius 2 is 2.23 bits per heavy atom. The highest BCUT2D eigenvalue weighted by atomic mass is 32.1. The average molecular weight is 429 g/mol. The molecule has 1 unspecified atom stereocenters. The highest BCUT2D eigenvalue weighted by molar-refractivity contribution is 7.18. The number of nitrogens with two attached hydrogens (primary N) is 1. The molecule has 4 aromatic rings. The molecule has 154 valence electrons. The van der Waals surface area contributed by atoms with Gasteiger partial charge in [-0.1, -0.05) is 18.4 Å². The number of aryl methyl sites for hydroxylation is 1. The van der Waals surface area contributed by atoms with E-state index in [9.17, 15) is 4.79 Å². The van der Waals surface area contributed by atoms with Crippen LogP contribution in [0.15, 0.2) is 43.2 Å². The van der Waals surface area contributed by atoms with Crippen LogP contribution < -0.4 is 5.73 Å². The van der Waals surface area contributed by atoms with Crippen molar-refractivity contribution in [1.29, 1.82) is 0 Å². The Balaban J connectivity index is 1.54. The van der Waals surface area contributed by atoms with Crippen molar-refractivity contribution in [3.8, 4) is 11.8 Å². The number of carbonyl (C=O) groups is 1. The summed E-state index contributed by atoms with van der Waals surface area (Å²) in [6, 6.07) is 8.07. The molecular weight excluding hydrogens is 408 g/mol. The van der Waals surface area contributed by atoms with Gasteiger partial charge in [0, 0.05) is 30.3 Å². The van der Waals surface area contributed by atoms with Crippen molar-refractivity contribution in [2.75, 3.05) is 18.8 Å². The van der Waals surface area contributed by atoms with Crippen LogP contribution in [0.5, 0.6) is 0 Å². The molecule has 8 heteroatoms. The normalized spacial score (nSPS) is 15.9. The number of hydrogen-bond acceptors (Lipinski definition) is 6. The Morgan fingerprint density at radius 3 is 3.06 bits per heavy atom. The van der Waals surface area contributed by atoms with Crippen LogP contribution in [0, 0.1) is 18.8 Å². The van der Waals surface area contributed by atoms with Crippen molar-refractivity contribution in [2.24, 2.45) is 0 Å². The summed E-state index contributed by atoms with van der Waals surface area (Å²) in [5.74, 6) is 6.97. The lowest BCUT2D eigenvalue weighted by molar-refractivity contribution is -0.125. The van der Waals surface area contributed by atoms with Gasteiger partial charge < -0.3 is 10.6 Å². The summed E-state index contributed by atoms with van der Waals surface area (Å²) in [5.41, 5.74) is 10.5. The number of hydrogen-bond donors (Lipinski definition) is 1. The van der Waals surface area contributed by atoms with E-state index in [4.69, 9.17) is 5.73 Å². The van der Waals surface area contributed by atoms with Crippen molar-refractivity contribution >= 4 is 38.8 Å².